The van der Waals surface area contributed by atoms with E-state index in [1.165, 1.54) is 29.7 Å². The van der Waals surface area contributed by atoms with Gasteiger partial charge in [0.25, 0.3) is 0 Å². The lowest BCUT2D eigenvalue weighted by Crippen LogP contribution is -2.59. The third kappa shape index (κ3) is 5.27. The molecular weight excluding hydrogens is 431 g/mol. The van der Waals surface area contributed by atoms with E-state index in [0.717, 1.165) is 50.6 Å². The number of carbonyl (C=O) groups excluding carboxylic acids is 2. The molecule has 4 aliphatic rings. The smallest absolute Gasteiger partial charge is 0.237 e. The lowest BCUT2D eigenvalue weighted by molar-refractivity contribution is -0.135. The summed E-state index contributed by atoms with van der Waals surface area (Å²) in [4.78, 5) is 27.2. The molecule has 34 heavy (non-hydrogen) atoms. The Morgan fingerprint density at radius 1 is 1.12 bits per heavy atom. The van der Waals surface area contributed by atoms with Gasteiger partial charge in [0, 0.05) is 23.1 Å². The summed E-state index contributed by atoms with van der Waals surface area (Å²) in [5.74, 6) is -0.0992. The van der Waals surface area contributed by atoms with Gasteiger partial charge < -0.3 is 15.5 Å². The monoisotopic (exact) mass is 468 g/mol. The maximum Gasteiger partial charge on any atom is 0.237 e. The number of nitrogens with zero attached hydrogens (tertiary/aromatic N) is 2. The third-order valence-electron chi connectivity index (χ3n) is 8.34. The molecule has 5 rings (SSSR count). The van der Waals surface area contributed by atoms with E-state index in [4.69, 9.17) is 0 Å². The van der Waals surface area contributed by atoms with Crippen molar-refractivity contribution in [2.45, 2.75) is 95.3 Å². The summed E-state index contributed by atoms with van der Waals surface area (Å²) in [6, 6.07) is 9.61. The molecule has 2 atom stereocenters. The molecule has 1 aliphatic heterocycles. The lowest BCUT2D eigenvalue weighted by Gasteiger charge is -2.52. The molecule has 0 unspecified atom stereocenters. The molecule has 3 saturated carbocycles. The number of aryl methyl sites for hydroxylation is 1. The standard InChI is InChI=1S/C27H37FN4O2/c1-2-3-4-5-20-6-8-22(9-7-20)31-25(34)26-10-13-27(14-11-26,15-12-26)30-18-24(33)32-19-21(28)16-23(32)17-29/h6-9,21,23,30H,2-5,10-16,18-19H2,1H3,(H,31,34)/t21-,23-,26?,27?/m0/s1. The van der Waals surface area contributed by atoms with Crippen molar-refractivity contribution >= 4 is 17.5 Å². The molecular formula is C27H37FN4O2. The molecule has 3 aliphatic carbocycles. The van der Waals surface area contributed by atoms with Crippen molar-refractivity contribution < 1.29 is 14.0 Å². The fourth-order valence-electron chi connectivity index (χ4n) is 5.94. The highest BCUT2D eigenvalue weighted by molar-refractivity contribution is 5.95. The van der Waals surface area contributed by atoms with Crippen LogP contribution in [0.1, 0.15) is 76.7 Å². The van der Waals surface area contributed by atoms with Gasteiger partial charge in [0.15, 0.2) is 0 Å². The molecule has 1 heterocycles. The summed E-state index contributed by atoms with van der Waals surface area (Å²) in [6.45, 7) is 2.33. The Balaban J connectivity index is 1.27. The Morgan fingerprint density at radius 3 is 2.41 bits per heavy atom. The number of rotatable bonds is 9. The van der Waals surface area contributed by atoms with Crippen molar-refractivity contribution in [1.82, 2.24) is 10.2 Å². The summed E-state index contributed by atoms with van der Waals surface area (Å²) < 4.78 is 13.7. The van der Waals surface area contributed by atoms with Crippen LogP contribution >= 0.6 is 0 Å². The van der Waals surface area contributed by atoms with Gasteiger partial charge in [-0.25, -0.2) is 4.39 Å². The highest BCUT2D eigenvalue weighted by Gasteiger charge is 2.52. The molecule has 0 radical (unpaired) electrons. The summed E-state index contributed by atoms with van der Waals surface area (Å²) in [5.41, 5.74) is 1.68. The van der Waals surface area contributed by atoms with Crippen molar-refractivity contribution in [2.24, 2.45) is 5.41 Å². The SMILES string of the molecule is CCCCCc1ccc(NC(=O)C23CCC(NCC(=O)N4C[C@@H](F)C[C@H]4C#N)(CC2)CC3)cc1. The van der Waals surface area contributed by atoms with Crippen LogP contribution in [0.3, 0.4) is 0 Å². The van der Waals surface area contributed by atoms with Crippen LogP contribution in [-0.2, 0) is 16.0 Å². The Labute approximate surface area is 202 Å². The molecule has 184 valence electrons. The fraction of sp³-hybridized carbons (Fsp3) is 0.667. The minimum absolute atomic E-state index is 0.00867. The largest absolute Gasteiger partial charge is 0.326 e. The quantitative estimate of drug-likeness (QED) is 0.523. The first-order valence-corrected chi connectivity index (χ1v) is 12.9. The second kappa shape index (κ2) is 10.4. The predicted octanol–water partition coefficient (Wildman–Crippen LogP) is 4.50. The van der Waals surface area contributed by atoms with Gasteiger partial charge in [-0.3, -0.25) is 9.59 Å². The minimum atomic E-state index is -1.12. The fourth-order valence-corrected chi connectivity index (χ4v) is 5.94. The molecule has 2 bridgehead atoms. The summed E-state index contributed by atoms with van der Waals surface area (Å²) in [7, 11) is 0. The van der Waals surface area contributed by atoms with Gasteiger partial charge in [-0.15, -0.1) is 0 Å². The number of hydrogen-bond donors (Lipinski definition) is 2. The second-order valence-corrected chi connectivity index (χ2v) is 10.5. The molecule has 1 aromatic carbocycles. The number of halogens is 1. The molecule has 0 spiro atoms. The molecule has 7 heteroatoms. The van der Waals surface area contributed by atoms with Crippen LogP contribution in [0.5, 0.6) is 0 Å². The van der Waals surface area contributed by atoms with Crippen molar-refractivity contribution in [1.29, 1.82) is 5.26 Å². The number of likely N-dealkylation sites (tertiary alicyclic amines) is 1. The van der Waals surface area contributed by atoms with E-state index in [1.807, 2.05) is 18.2 Å². The van der Waals surface area contributed by atoms with Gasteiger partial charge in [-0.05, 0) is 69.1 Å². The van der Waals surface area contributed by atoms with Crippen LogP contribution in [-0.4, -0.2) is 47.6 Å². The van der Waals surface area contributed by atoms with Crippen LogP contribution in [0.4, 0.5) is 10.1 Å². The number of amides is 2. The molecule has 6 nitrogen and oxygen atoms in total. The van der Waals surface area contributed by atoms with Gasteiger partial charge in [-0.2, -0.15) is 5.26 Å². The normalized spacial score (nSPS) is 30.2. The maximum atomic E-state index is 13.7. The van der Waals surface area contributed by atoms with E-state index in [-0.39, 0.29) is 42.3 Å². The van der Waals surface area contributed by atoms with Gasteiger partial charge >= 0.3 is 0 Å². The zero-order chi connectivity index (χ0) is 24.2. The highest BCUT2D eigenvalue weighted by Crippen LogP contribution is 2.52. The first-order valence-electron chi connectivity index (χ1n) is 12.9. The predicted molar refractivity (Wildman–Crippen MR) is 130 cm³/mol. The molecule has 1 aromatic rings. The van der Waals surface area contributed by atoms with E-state index in [2.05, 4.69) is 29.7 Å². The Bertz CT molecular complexity index is 901. The van der Waals surface area contributed by atoms with Crippen molar-refractivity contribution in [3.8, 4) is 6.07 Å². The minimum Gasteiger partial charge on any atom is -0.326 e. The topological polar surface area (TPSA) is 85.2 Å². The van der Waals surface area contributed by atoms with E-state index < -0.39 is 12.2 Å². The maximum absolute atomic E-state index is 13.7. The number of nitrogens with one attached hydrogen (secondary N) is 2. The van der Waals surface area contributed by atoms with Crippen molar-refractivity contribution in [3.63, 3.8) is 0 Å². The van der Waals surface area contributed by atoms with E-state index in [1.54, 1.807) is 0 Å². The number of alkyl halides is 1. The average molecular weight is 469 g/mol. The van der Waals surface area contributed by atoms with Crippen LogP contribution in [0.25, 0.3) is 0 Å². The number of anilines is 1. The van der Waals surface area contributed by atoms with Crippen LogP contribution in [0.15, 0.2) is 24.3 Å². The Morgan fingerprint density at radius 2 is 1.79 bits per heavy atom. The summed E-state index contributed by atoms with van der Waals surface area (Å²) in [6.07, 6.45) is 8.63. The number of hydrogen-bond acceptors (Lipinski definition) is 4. The summed E-state index contributed by atoms with van der Waals surface area (Å²) in [5, 5.41) is 15.8. The number of unbranched alkanes of at least 4 members (excludes halogenated alkanes) is 2. The van der Waals surface area contributed by atoms with Gasteiger partial charge in [0.05, 0.1) is 19.2 Å². The molecule has 4 fully saturated rings. The van der Waals surface area contributed by atoms with E-state index in [0.29, 0.717) is 0 Å². The zero-order valence-corrected chi connectivity index (χ0v) is 20.2. The second-order valence-electron chi connectivity index (χ2n) is 10.5. The third-order valence-corrected chi connectivity index (χ3v) is 8.34. The van der Waals surface area contributed by atoms with Crippen LogP contribution in [0.2, 0.25) is 0 Å². The van der Waals surface area contributed by atoms with Crippen LogP contribution in [0, 0.1) is 16.7 Å². The Hall–Kier alpha value is -2.46. The first-order chi connectivity index (χ1) is 16.4. The molecule has 0 aromatic heterocycles. The van der Waals surface area contributed by atoms with E-state index >= 15 is 0 Å². The van der Waals surface area contributed by atoms with Gasteiger partial charge in [0.1, 0.15) is 12.2 Å². The Kier molecular flexibility index (Phi) is 7.57. The molecule has 1 saturated heterocycles. The lowest BCUT2D eigenvalue weighted by atomic mass is 9.57. The number of fused-ring (bicyclic) bond motifs is 3. The number of nitriles is 1. The summed E-state index contributed by atoms with van der Waals surface area (Å²) >= 11 is 0. The first kappa shape index (κ1) is 24.7. The van der Waals surface area contributed by atoms with Crippen LogP contribution < -0.4 is 10.6 Å². The molecule has 2 amide bonds. The average Bonchev–Trinajstić information content (AvgIpc) is 3.26. The zero-order valence-electron chi connectivity index (χ0n) is 20.2. The number of carbonyl (C=O) groups is 2. The highest BCUT2D eigenvalue weighted by atomic mass is 19.1. The van der Waals surface area contributed by atoms with Gasteiger partial charge in [0.2, 0.25) is 11.8 Å². The van der Waals surface area contributed by atoms with E-state index in [9.17, 15) is 19.2 Å². The van der Waals surface area contributed by atoms with Crippen molar-refractivity contribution in [3.05, 3.63) is 29.8 Å². The molecule has 2 N–H and O–H groups in total. The number of benzene rings is 1. The van der Waals surface area contributed by atoms with Crippen molar-refractivity contribution in [2.75, 3.05) is 18.4 Å². The van der Waals surface area contributed by atoms with Gasteiger partial charge in [-0.1, -0.05) is 31.9 Å².